The van der Waals surface area contributed by atoms with Gasteiger partial charge < -0.3 is 14.5 Å². The zero-order valence-corrected chi connectivity index (χ0v) is 12.9. The Hall–Kier alpha value is -1.64. The maximum Gasteiger partial charge on any atom is 0.257 e. The highest BCUT2D eigenvalue weighted by molar-refractivity contribution is 7.89. The van der Waals surface area contributed by atoms with Crippen LogP contribution < -0.4 is 9.88 Å². The molecule has 0 bridgehead atoms. The van der Waals surface area contributed by atoms with Gasteiger partial charge in [0, 0.05) is 26.2 Å². The molecule has 0 atom stereocenters. The Morgan fingerprint density at radius 2 is 1.86 bits per heavy atom. The Kier molecular flexibility index (Phi) is 4.50. The average molecular weight is 313 g/mol. The van der Waals surface area contributed by atoms with Crippen LogP contribution in [0.4, 0.5) is 0 Å². The molecule has 1 heterocycles. The smallest absolute Gasteiger partial charge is 0.257 e. The van der Waals surface area contributed by atoms with Gasteiger partial charge >= 0.3 is 0 Å². The fraction of sp³-hybridized carbons (Fsp3) is 0.462. The standard InChI is InChI=1S/C13H19N3O4S/c1-15-5-7-16(8-6-15)13(17)11-9-10(21(14,18)19)3-4-12(11)20-2/h3-4,9H,5-8H2,1-2H3,(H2,14,18,19). The molecule has 1 aliphatic rings. The second-order valence-corrected chi connectivity index (χ2v) is 6.56. The van der Waals surface area contributed by atoms with E-state index < -0.39 is 10.0 Å². The highest BCUT2D eigenvalue weighted by atomic mass is 32.2. The van der Waals surface area contributed by atoms with Crippen LogP contribution in [0.25, 0.3) is 0 Å². The molecule has 1 aromatic carbocycles. The summed E-state index contributed by atoms with van der Waals surface area (Å²) in [5, 5.41) is 5.11. The molecule has 116 valence electrons. The normalized spacial score (nSPS) is 16.8. The number of methoxy groups -OCH3 is 1. The van der Waals surface area contributed by atoms with Crippen molar-refractivity contribution < 1.29 is 17.9 Å². The lowest BCUT2D eigenvalue weighted by Gasteiger charge is -2.32. The van der Waals surface area contributed by atoms with E-state index in [0.29, 0.717) is 18.8 Å². The first kappa shape index (κ1) is 15.7. The fourth-order valence-electron chi connectivity index (χ4n) is 2.21. The first-order chi connectivity index (χ1) is 9.82. The third kappa shape index (κ3) is 3.52. The number of nitrogens with zero attached hydrogens (tertiary/aromatic N) is 2. The number of carbonyl (C=O) groups is 1. The fourth-order valence-corrected chi connectivity index (χ4v) is 2.75. The van der Waals surface area contributed by atoms with Gasteiger partial charge in [-0.1, -0.05) is 0 Å². The predicted molar refractivity (Wildman–Crippen MR) is 77.8 cm³/mol. The van der Waals surface area contributed by atoms with Gasteiger partial charge in [0.25, 0.3) is 5.91 Å². The quantitative estimate of drug-likeness (QED) is 0.829. The van der Waals surface area contributed by atoms with E-state index in [9.17, 15) is 13.2 Å². The van der Waals surface area contributed by atoms with Crippen LogP contribution in [0.1, 0.15) is 10.4 Å². The highest BCUT2D eigenvalue weighted by Crippen LogP contribution is 2.24. The van der Waals surface area contributed by atoms with Gasteiger partial charge in [-0.3, -0.25) is 4.79 Å². The lowest BCUT2D eigenvalue weighted by atomic mass is 10.1. The van der Waals surface area contributed by atoms with Crippen molar-refractivity contribution in [3.8, 4) is 5.75 Å². The predicted octanol–water partition coefficient (Wildman–Crippen LogP) is -0.270. The van der Waals surface area contributed by atoms with Crippen LogP contribution in [0.15, 0.2) is 23.1 Å². The van der Waals surface area contributed by atoms with Crippen LogP contribution >= 0.6 is 0 Å². The Balaban J connectivity index is 2.34. The topological polar surface area (TPSA) is 92.9 Å². The molecule has 7 nitrogen and oxygen atoms in total. The van der Waals surface area contributed by atoms with Crippen LogP contribution in [-0.2, 0) is 10.0 Å². The zero-order valence-electron chi connectivity index (χ0n) is 12.1. The molecular formula is C13H19N3O4S. The van der Waals surface area contributed by atoms with Crippen molar-refractivity contribution in [1.29, 1.82) is 0 Å². The molecule has 0 saturated carbocycles. The number of primary sulfonamides is 1. The molecule has 2 N–H and O–H groups in total. The summed E-state index contributed by atoms with van der Waals surface area (Å²) >= 11 is 0. The minimum Gasteiger partial charge on any atom is -0.496 e. The zero-order chi connectivity index (χ0) is 15.6. The van der Waals surface area contributed by atoms with E-state index in [2.05, 4.69) is 4.90 Å². The highest BCUT2D eigenvalue weighted by Gasteiger charge is 2.24. The van der Waals surface area contributed by atoms with Gasteiger partial charge in [0.2, 0.25) is 10.0 Å². The average Bonchev–Trinajstić information content (AvgIpc) is 2.45. The van der Waals surface area contributed by atoms with E-state index in [1.165, 1.54) is 25.3 Å². The molecule has 1 saturated heterocycles. The van der Waals surface area contributed by atoms with Gasteiger partial charge in [0.1, 0.15) is 5.75 Å². The number of hydrogen-bond donors (Lipinski definition) is 1. The maximum atomic E-state index is 12.6. The second-order valence-electron chi connectivity index (χ2n) is 5.00. The molecule has 1 fully saturated rings. The molecule has 0 spiro atoms. The number of amides is 1. The molecular weight excluding hydrogens is 294 g/mol. The lowest BCUT2D eigenvalue weighted by molar-refractivity contribution is 0.0660. The molecule has 2 rings (SSSR count). The number of rotatable bonds is 3. The SMILES string of the molecule is COc1ccc(S(N)(=O)=O)cc1C(=O)N1CCN(C)CC1. The van der Waals surface area contributed by atoms with E-state index in [1.54, 1.807) is 4.90 Å². The molecule has 0 aromatic heterocycles. The maximum absolute atomic E-state index is 12.6. The van der Waals surface area contributed by atoms with Gasteiger partial charge in [-0.05, 0) is 25.2 Å². The van der Waals surface area contributed by atoms with Crippen LogP contribution in [0.3, 0.4) is 0 Å². The molecule has 0 radical (unpaired) electrons. The van der Waals surface area contributed by atoms with Crippen LogP contribution in [-0.4, -0.2) is 64.5 Å². The molecule has 8 heteroatoms. The summed E-state index contributed by atoms with van der Waals surface area (Å²) in [7, 11) is -0.431. The summed E-state index contributed by atoms with van der Waals surface area (Å²) in [6.45, 7) is 2.75. The van der Waals surface area contributed by atoms with E-state index in [0.717, 1.165) is 13.1 Å². The summed E-state index contributed by atoms with van der Waals surface area (Å²) in [5.41, 5.74) is 0.216. The number of hydrogen-bond acceptors (Lipinski definition) is 5. The van der Waals surface area contributed by atoms with Gasteiger partial charge in [-0.25, -0.2) is 13.6 Å². The number of ether oxygens (including phenoxy) is 1. The molecule has 1 aliphatic heterocycles. The van der Waals surface area contributed by atoms with Crippen molar-refractivity contribution in [3.05, 3.63) is 23.8 Å². The van der Waals surface area contributed by atoms with Crippen molar-refractivity contribution >= 4 is 15.9 Å². The van der Waals surface area contributed by atoms with Gasteiger partial charge in [0.05, 0.1) is 17.6 Å². The number of nitrogens with two attached hydrogens (primary N) is 1. The molecule has 21 heavy (non-hydrogen) atoms. The Morgan fingerprint density at radius 3 is 2.38 bits per heavy atom. The van der Waals surface area contributed by atoms with Crippen molar-refractivity contribution in [2.75, 3.05) is 40.3 Å². The van der Waals surface area contributed by atoms with Crippen molar-refractivity contribution in [1.82, 2.24) is 9.80 Å². The van der Waals surface area contributed by atoms with E-state index in [1.807, 2.05) is 7.05 Å². The minimum atomic E-state index is -3.86. The number of sulfonamides is 1. The largest absolute Gasteiger partial charge is 0.496 e. The van der Waals surface area contributed by atoms with Crippen LogP contribution in [0.5, 0.6) is 5.75 Å². The summed E-state index contributed by atoms with van der Waals surface area (Å²) in [6, 6.07) is 4.05. The molecule has 0 unspecified atom stereocenters. The van der Waals surface area contributed by atoms with E-state index in [-0.39, 0.29) is 16.4 Å². The Labute approximate surface area is 124 Å². The van der Waals surface area contributed by atoms with E-state index >= 15 is 0 Å². The Morgan fingerprint density at radius 1 is 1.24 bits per heavy atom. The number of carbonyl (C=O) groups excluding carboxylic acids is 1. The van der Waals surface area contributed by atoms with Gasteiger partial charge in [0.15, 0.2) is 0 Å². The van der Waals surface area contributed by atoms with Crippen molar-refractivity contribution in [2.24, 2.45) is 5.14 Å². The molecule has 1 aromatic rings. The van der Waals surface area contributed by atoms with Crippen molar-refractivity contribution in [3.63, 3.8) is 0 Å². The molecule has 1 amide bonds. The van der Waals surface area contributed by atoms with Crippen LogP contribution in [0, 0.1) is 0 Å². The van der Waals surface area contributed by atoms with Gasteiger partial charge in [-0.15, -0.1) is 0 Å². The summed E-state index contributed by atoms with van der Waals surface area (Å²) in [6.07, 6.45) is 0. The first-order valence-electron chi connectivity index (χ1n) is 6.51. The van der Waals surface area contributed by atoms with Crippen LogP contribution in [0.2, 0.25) is 0 Å². The van der Waals surface area contributed by atoms with Gasteiger partial charge in [-0.2, -0.15) is 0 Å². The second kappa shape index (κ2) is 6.00. The lowest BCUT2D eigenvalue weighted by Crippen LogP contribution is -2.47. The number of piperazine rings is 1. The third-order valence-electron chi connectivity index (χ3n) is 3.52. The Bertz CT molecular complexity index is 637. The number of benzene rings is 1. The minimum absolute atomic E-state index is 0.0965. The molecule has 0 aliphatic carbocycles. The van der Waals surface area contributed by atoms with E-state index in [4.69, 9.17) is 9.88 Å². The summed E-state index contributed by atoms with van der Waals surface area (Å²) in [5.74, 6) is 0.0942. The monoisotopic (exact) mass is 313 g/mol. The number of likely N-dealkylation sites (N-methyl/N-ethyl adjacent to an activating group) is 1. The third-order valence-corrected chi connectivity index (χ3v) is 4.43. The first-order valence-corrected chi connectivity index (χ1v) is 8.06. The summed E-state index contributed by atoms with van der Waals surface area (Å²) < 4.78 is 28.0. The summed E-state index contributed by atoms with van der Waals surface area (Å²) in [4.78, 5) is 16.3. The van der Waals surface area contributed by atoms with Crippen molar-refractivity contribution in [2.45, 2.75) is 4.90 Å².